The molecule has 1 aromatic heterocycles. The van der Waals surface area contributed by atoms with E-state index in [1.165, 1.54) is 0 Å². The molecule has 3 aromatic rings. The molecular formula is C22H23ClN2O2. The van der Waals surface area contributed by atoms with Crippen LogP contribution < -0.4 is 5.06 Å². The number of aromatic amines is 1. The summed E-state index contributed by atoms with van der Waals surface area (Å²) in [5, 5.41) is 2.21. The van der Waals surface area contributed by atoms with Gasteiger partial charge in [0.25, 0.3) is 0 Å². The number of halogens is 1. The van der Waals surface area contributed by atoms with Gasteiger partial charge in [-0.3, -0.25) is 0 Å². The SMILES string of the molecule is CCN(OC(=O)c1c(C(C)C)c[nH]c1-c1ccccc1)c1ccc(Cl)cc1. The monoisotopic (exact) mass is 382 g/mol. The first kappa shape index (κ1) is 19.1. The first-order valence-corrected chi connectivity index (χ1v) is 9.41. The standard InChI is InChI=1S/C22H23ClN2O2/c1-4-25(18-12-10-17(23)11-13-18)27-22(26)20-19(15(2)3)14-24-21(20)16-8-6-5-7-9-16/h5-15,24H,4H2,1-3H3. The topological polar surface area (TPSA) is 45.3 Å². The highest BCUT2D eigenvalue weighted by molar-refractivity contribution is 6.30. The molecule has 27 heavy (non-hydrogen) atoms. The zero-order valence-electron chi connectivity index (χ0n) is 15.7. The summed E-state index contributed by atoms with van der Waals surface area (Å²) >= 11 is 5.96. The zero-order chi connectivity index (χ0) is 19.4. The second-order valence-corrected chi connectivity index (χ2v) is 7.00. The Morgan fingerprint density at radius 2 is 1.78 bits per heavy atom. The fraction of sp³-hybridized carbons (Fsp3) is 0.227. The molecule has 140 valence electrons. The first-order valence-electron chi connectivity index (χ1n) is 9.03. The summed E-state index contributed by atoms with van der Waals surface area (Å²) in [6.45, 7) is 6.58. The Bertz CT molecular complexity index is 902. The largest absolute Gasteiger partial charge is 0.365 e. The van der Waals surface area contributed by atoms with Gasteiger partial charge in [-0.05, 0) is 48.2 Å². The van der Waals surface area contributed by atoms with Crippen molar-refractivity contribution in [1.29, 1.82) is 0 Å². The van der Waals surface area contributed by atoms with Crippen molar-refractivity contribution in [3.8, 4) is 11.3 Å². The van der Waals surface area contributed by atoms with Crippen LogP contribution in [0.3, 0.4) is 0 Å². The van der Waals surface area contributed by atoms with Crippen LogP contribution in [0.15, 0.2) is 60.8 Å². The third-order valence-corrected chi connectivity index (χ3v) is 4.65. The van der Waals surface area contributed by atoms with Gasteiger partial charge in [0, 0.05) is 11.2 Å². The molecule has 0 amide bonds. The lowest BCUT2D eigenvalue weighted by molar-refractivity contribution is 0.0455. The van der Waals surface area contributed by atoms with Crippen LogP contribution in [0.5, 0.6) is 0 Å². The Morgan fingerprint density at radius 1 is 1.11 bits per heavy atom. The number of rotatable bonds is 6. The third-order valence-electron chi connectivity index (χ3n) is 4.39. The number of carbonyl (C=O) groups excluding carboxylic acids is 1. The highest BCUT2D eigenvalue weighted by atomic mass is 35.5. The molecular weight excluding hydrogens is 360 g/mol. The smallest absolute Gasteiger partial charge is 0.360 e. The van der Waals surface area contributed by atoms with Crippen LogP contribution in [-0.4, -0.2) is 17.5 Å². The molecule has 0 saturated carbocycles. The van der Waals surface area contributed by atoms with E-state index in [9.17, 15) is 4.79 Å². The van der Waals surface area contributed by atoms with Gasteiger partial charge in [-0.2, -0.15) is 0 Å². The Balaban J connectivity index is 1.95. The van der Waals surface area contributed by atoms with Gasteiger partial charge in [0.1, 0.15) is 0 Å². The number of hydrogen-bond acceptors (Lipinski definition) is 3. The molecule has 0 radical (unpaired) electrons. The predicted molar refractivity (Wildman–Crippen MR) is 110 cm³/mol. The van der Waals surface area contributed by atoms with E-state index >= 15 is 0 Å². The fourth-order valence-electron chi connectivity index (χ4n) is 3.00. The fourth-order valence-corrected chi connectivity index (χ4v) is 3.13. The van der Waals surface area contributed by atoms with Crippen molar-refractivity contribution in [2.45, 2.75) is 26.7 Å². The maximum atomic E-state index is 13.1. The van der Waals surface area contributed by atoms with Crippen molar-refractivity contribution in [3.63, 3.8) is 0 Å². The normalized spacial score (nSPS) is 10.9. The molecule has 1 heterocycles. The number of carbonyl (C=O) groups is 1. The summed E-state index contributed by atoms with van der Waals surface area (Å²) in [4.78, 5) is 22.1. The number of nitrogens with one attached hydrogen (secondary N) is 1. The molecule has 4 nitrogen and oxygen atoms in total. The molecule has 1 N–H and O–H groups in total. The molecule has 0 spiro atoms. The average molecular weight is 383 g/mol. The Hall–Kier alpha value is -2.72. The van der Waals surface area contributed by atoms with E-state index < -0.39 is 0 Å². The maximum absolute atomic E-state index is 13.1. The summed E-state index contributed by atoms with van der Waals surface area (Å²) in [6.07, 6.45) is 1.89. The summed E-state index contributed by atoms with van der Waals surface area (Å²) < 4.78 is 0. The molecule has 0 aliphatic rings. The number of hydrogen-bond donors (Lipinski definition) is 1. The van der Waals surface area contributed by atoms with Crippen LogP contribution >= 0.6 is 11.6 Å². The van der Waals surface area contributed by atoms with Gasteiger partial charge in [-0.15, -0.1) is 0 Å². The van der Waals surface area contributed by atoms with E-state index in [4.69, 9.17) is 16.4 Å². The second-order valence-electron chi connectivity index (χ2n) is 6.56. The molecule has 0 aliphatic heterocycles. The molecule has 0 unspecified atom stereocenters. The summed E-state index contributed by atoms with van der Waals surface area (Å²) in [7, 11) is 0. The van der Waals surface area contributed by atoms with Crippen LogP contribution in [-0.2, 0) is 4.84 Å². The van der Waals surface area contributed by atoms with Crippen molar-refractivity contribution in [2.75, 3.05) is 11.6 Å². The minimum Gasteiger partial charge on any atom is -0.360 e. The predicted octanol–water partition coefficient (Wildman–Crippen LogP) is 6.06. The number of H-pyrrole nitrogens is 1. The van der Waals surface area contributed by atoms with Gasteiger partial charge < -0.3 is 9.82 Å². The number of hydroxylamine groups is 1. The number of anilines is 1. The summed E-state index contributed by atoms with van der Waals surface area (Å²) in [5.41, 5.74) is 4.01. The number of benzene rings is 2. The summed E-state index contributed by atoms with van der Waals surface area (Å²) in [6, 6.07) is 17.0. The van der Waals surface area contributed by atoms with Crippen molar-refractivity contribution in [3.05, 3.63) is 76.9 Å². The van der Waals surface area contributed by atoms with Crippen LogP contribution in [0.2, 0.25) is 5.02 Å². The lowest BCUT2D eigenvalue weighted by Crippen LogP contribution is -2.27. The molecule has 0 fully saturated rings. The first-order chi connectivity index (χ1) is 13.0. The maximum Gasteiger partial charge on any atom is 0.365 e. The average Bonchev–Trinajstić information content (AvgIpc) is 3.13. The highest BCUT2D eigenvalue weighted by Crippen LogP contribution is 2.31. The van der Waals surface area contributed by atoms with Gasteiger partial charge >= 0.3 is 5.97 Å². The Labute approximate surface area is 164 Å². The molecule has 0 aliphatic carbocycles. The number of aromatic nitrogens is 1. The molecule has 3 rings (SSSR count). The van der Waals surface area contributed by atoms with Crippen molar-refractivity contribution >= 4 is 23.3 Å². The van der Waals surface area contributed by atoms with Crippen molar-refractivity contribution < 1.29 is 9.63 Å². The van der Waals surface area contributed by atoms with E-state index in [2.05, 4.69) is 18.8 Å². The summed E-state index contributed by atoms with van der Waals surface area (Å²) in [5.74, 6) is -0.192. The van der Waals surface area contributed by atoms with Crippen LogP contribution in [0.4, 0.5) is 5.69 Å². The van der Waals surface area contributed by atoms with E-state index in [1.807, 2.05) is 55.6 Å². The lowest BCUT2D eigenvalue weighted by Gasteiger charge is -2.22. The second kappa shape index (κ2) is 8.31. The van der Waals surface area contributed by atoms with Gasteiger partial charge in [-0.1, -0.05) is 55.8 Å². The van der Waals surface area contributed by atoms with E-state index in [-0.39, 0.29) is 11.9 Å². The van der Waals surface area contributed by atoms with E-state index in [1.54, 1.807) is 17.2 Å². The quantitative estimate of drug-likeness (QED) is 0.527. The molecule has 0 bridgehead atoms. The number of nitrogens with zero attached hydrogens (tertiary/aromatic N) is 1. The van der Waals surface area contributed by atoms with Crippen LogP contribution in [0.25, 0.3) is 11.3 Å². The Morgan fingerprint density at radius 3 is 2.37 bits per heavy atom. The Kier molecular flexibility index (Phi) is 5.87. The van der Waals surface area contributed by atoms with Crippen molar-refractivity contribution in [1.82, 2.24) is 4.98 Å². The van der Waals surface area contributed by atoms with Gasteiger partial charge in [0.2, 0.25) is 0 Å². The van der Waals surface area contributed by atoms with Gasteiger partial charge in [0.05, 0.1) is 23.5 Å². The van der Waals surface area contributed by atoms with E-state index in [0.29, 0.717) is 17.1 Å². The molecule has 0 atom stereocenters. The minimum absolute atomic E-state index is 0.187. The zero-order valence-corrected chi connectivity index (χ0v) is 16.5. The van der Waals surface area contributed by atoms with Crippen LogP contribution in [0.1, 0.15) is 42.6 Å². The van der Waals surface area contributed by atoms with E-state index in [0.717, 1.165) is 22.5 Å². The highest BCUT2D eigenvalue weighted by Gasteiger charge is 2.25. The minimum atomic E-state index is -0.379. The van der Waals surface area contributed by atoms with Crippen molar-refractivity contribution in [2.24, 2.45) is 0 Å². The lowest BCUT2D eigenvalue weighted by atomic mass is 9.98. The third kappa shape index (κ3) is 4.17. The molecule has 2 aromatic carbocycles. The van der Waals surface area contributed by atoms with Crippen LogP contribution in [0, 0.1) is 0 Å². The molecule has 5 heteroatoms. The van der Waals surface area contributed by atoms with Gasteiger partial charge in [0.15, 0.2) is 0 Å². The molecule has 0 saturated heterocycles. The van der Waals surface area contributed by atoms with Gasteiger partial charge in [-0.25, -0.2) is 9.86 Å².